The largest absolute Gasteiger partial charge is 0.491 e. The third-order valence-corrected chi connectivity index (χ3v) is 2.54. The molecule has 1 aromatic carbocycles. The number of anilines is 1. The molecule has 0 aliphatic carbocycles. The first-order valence-corrected chi connectivity index (χ1v) is 6.03. The summed E-state index contributed by atoms with van der Waals surface area (Å²) in [5.74, 6) is 1.75. The highest BCUT2D eigenvalue weighted by atomic mass is 16.5. The van der Waals surface area contributed by atoms with Gasteiger partial charge in [0.25, 0.3) is 5.89 Å². The molecule has 5 heteroatoms. The van der Waals surface area contributed by atoms with Crippen LogP contribution in [0, 0.1) is 6.92 Å². The molecule has 1 aromatic heterocycles. The Morgan fingerprint density at radius 3 is 2.89 bits per heavy atom. The molecule has 2 rings (SSSR count). The summed E-state index contributed by atoms with van der Waals surface area (Å²) in [6, 6.07) is 5.46. The van der Waals surface area contributed by atoms with Crippen molar-refractivity contribution in [2.24, 2.45) is 0 Å². The van der Waals surface area contributed by atoms with Crippen LogP contribution < -0.4 is 10.5 Å². The number of ether oxygens (including phenoxy) is 1. The number of nitrogens with zero attached hydrogens (tertiary/aromatic N) is 2. The Labute approximate surface area is 106 Å². The molecule has 0 aliphatic rings. The molecule has 2 aromatic rings. The van der Waals surface area contributed by atoms with Crippen molar-refractivity contribution >= 4 is 5.69 Å². The second kappa shape index (κ2) is 5.53. The minimum Gasteiger partial charge on any atom is -0.491 e. The average Bonchev–Trinajstić information content (AvgIpc) is 2.78. The normalized spacial score (nSPS) is 10.6. The summed E-state index contributed by atoms with van der Waals surface area (Å²) < 4.78 is 10.7. The molecule has 0 aliphatic heterocycles. The third-order valence-electron chi connectivity index (χ3n) is 2.54. The van der Waals surface area contributed by atoms with Crippen molar-refractivity contribution in [3.05, 3.63) is 24.0 Å². The number of hydrogen-bond acceptors (Lipinski definition) is 5. The molecular formula is C13H17N3O2. The molecule has 0 radical (unpaired) electrons. The summed E-state index contributed by atoms with van der Waals surface area (Å²) in [5.41, 5.74) is 7.30. The molecule has 0 spiro atoms. The highest BCUT2D eigenvalue weighted by Gasteiger charge is 2.09. The zero-order valence-corrected chi connectivity index (χ0v) is 10.6. The van der Waals surface area contributed by atoms with Crippen LogP contribution in [0.5, 0.6) is 5.75 Å². The van der Waals surface area contributed by atoms with Crippen LogP contribution in [0.3, 0.4) is 0 Å². The maximum Gasteiger partial charge on any atom is 0.258 e. The van der Waals surface area contributed by atoms with Crippen molar-refractivity contribution in [3.63, 3.8) is 0 Å². The second-order valence-electron chi connectivity index (χ2n) is 4.10. The molecule has 5 nitrogen and oxygen atoms in total. The maximum atomic E-state index is 5.86. The average molecular weight is 247 g/mol. The van der Waals surface area contributed by atoms with Crippen molar-refractivity contribution in [1.82, 2.24) is 10.1 Å². The Bertz CT molecular complexity index is 523. The van der Waals surface area contributed by atoms with Crippen molar-refractivity contribution in [2.45, 2.75) is 26.7 Å². The van der Waals surface area contributed by atoms with Crippen LogP contribution in [0.15, 0.2) is 22.7 Å². The Balaban J connectivity index is 2.20. The number of aryl methyl sites for hydroxylation is 1. The highest BCUT2D eigenvalue weighted by molar-refractivity contribution is 5.64. The molecule has 0 saturated carbocycles. The summed E-state index contributed by atoms with van der Waals surface area (Å²) >= 11 is 0. The van der Waals surface area contributed by atoms with Crippen LogP contribution in [-0.2, 0) is 0 Å². The van der Waals surface area contributed by atoms with Gasteiger partial charge < -0.3 is 15.0 Å². The van der Waals surface area contributed by atoms with Crippen molar-refractivity contribution < 1.29 is 9.26 Å². The van der Waals surface area contributed by atoms with Crippen LogP contribution in [0.25, 0.3) is 11.5 Å². The van der Waals surface area contributed by atoms with E-state index in [-0.39, 0.29) is 0 Å². The third kappa shape index (κ3) is 2.80. The monoisotopic (exact) mass is 247 g/mol. The molecule has 0 bridgehead atoms. The molecule has 0 amide bonds. The van der Waals surface area contributed by atoms with Gasteiger partial charge in [-0.25, -0.2) is 0 Å². The zero-order chi connectivity index (χ0) is 13.0. The van der Waals surface area contributed by atoms with Gasteiger partial charge in [-0.05, 0) is 31.5 Å². The highest BCUT2D eigenvalue weighted by Crippen LogP contribution is 2.28. The number of benzene rings is 1. The van der Waals surface area contributed by atoms with Crippen LogP contribution in [0.1, 0.15) is 25.6 Å². The lowest BCUT2D eigenvalue weighted by molar-refractivity contribution is 0.311. The van der Waals surface area contributed by atoms with E-state index < -0.39 is 0 Å². The molecule has 0 unspecified atom stereocenters. The lowest BCUT2D eigenvalue weighted by Gasteiger charge is -2.08. The van der Waals surface area contributed by atoms with Gasteiger partial charge in [-0.2, -0.15) is 4.98 Å². The number of nitrogens with two attached hydrogens (primary N) is 1. The zero-order valence-electron chi connectivity index (χ0n) is 10.6. The molecule has 0 fully saturated rings. The van der Waals surface area contributed by atoms with Gasteiger partial charge in [0.05, 0.1) is 12.3 Å². The van der Waals surface area contributed by atoms with Gasteiger partial charge in [0, 0.05) is 5.56 Å². The minimum atomic E-state index is 0.479. The van der Waals surface area contributed by atoms with Gasteiger partial charge in [0.2, 0.25) is 0 Å². The summed E-state index contributed by atoms with van der Waals surface area (Å²) in [6.07, 6.45) is 2.09. The summed E-state index contributed by atoms with van der Waals surface area (Å²) in [5, 5.41) is 3.76. The lowest BCUT2D eigenvalue weighted by atomic mass is 10.2. The predicted molar refractivity (Wildman–Crippen MR) is 69.3 cm³/mol. The van der Waals surface area contributed by atoms with Crippen molar-refractivity contribution in [2.75, 3.05) is 12.3 Å². The van der Waals surface area contributed by atoms with Crippen molar-refractivity contribution in [3.8, 4) is 17.2 Å². The predicted octanol–water partition coefficient (Wildman–Crippen LogP) is 2.81. The second-order valence-corrected chi connectivity index (χ2v) is 4.10. The van der Waals surface area contributed by atoms with E-state index in [0.717, 1.165) is 18.4 Å². The lowest BCUT2D eigenvalue weighted by Crippen LogP contribution is -2.00. The molecule has 0 atom stereocenters. The van der Waals surface area contributed by atoms with E-state index in [4.69, 9.17) is 15.0 Å². The molecular weight excluding hydrogens is 230 g/mol. The number of rotatable bonds is 5. The topological polar surface area (TPSA) is 74.2 Å². The summed E-state index contributed by atoms with van der Waals surface area (Å²) in [4.78, 5) is 4.17. The van der Waals surface area contributed by atoms with Gasteiger partial charge in [-0.1, -0.05) is 18.5 Å². The Morgan fingerprint density at radius 1 is 1.39 bits per heavy atom. The van der Waals surface area contributed by atoms with E-state index in [1.807, 2.05) is 12.1 Å². The summed E-state index contributed by atoms with van der Waals surface area (Å²) in [6.45, 7) is 4.56. The van der Waals surface area contributed by atoms with Crippen molar-refractivity contribution in [1.29, 1.82) is 0 Å². The van der Waals surface area contributed by atoms with Crippen LogP contribution in [-0.4, -0.2) is 16.7 Å². The van der Waals surface area contributed by atoms with Crippen LogP contribution in [0.2, 0.25) is 0 Å². The maximum absolute atomic E-state index is 5.86. The van der Waals surface area contributed by atoms with Gasteiger partial charge in [0.15, 0.2) is 5.82 Å². The Morgan fingerprint density at radius 2 is 2.22 bits per heavy atom. The van der Waals surface area contributed by atoms with E-state index in [1.54, 1.807) is 13.0 Å². The Kier molecular flexibility index (Phi) is 3.82. The van der Waals surface area contributed by atoms with E-state index in [0.29, 0.717) is 29.8 Å². The number of unbranched alkanes of at least 4 members (excludes halogenated alkanes) is 1. The molecule has 96 valence electrons. The molecule has 1 heterocycles. The fraction of sp³-hybridized carbons (Fsp3) is 0.385. The van der Waals surface area contributed by atoms with E-state index >= 15 is 0 Å². The van der Waals surface area contributed by atoms with Gasteiger partial charge in [-0.15, -0.1) is 0 Å². The van der Waals surface area contributed by atoms with Gasteiger partial charge in [0.1, 0.15) is 5.75 Å². The fourth-order valence-corrected chi connectivity index (χ4v) is 1.53. The molecule has 0 saturated heterocycles. The van der Waals surface area contributed by atoms with Crippen LogP contribution in [0.4, 0.5) is 5.69 Å². The van der Waals surface area contributed by atoms with E-state index in [9.17, 15) is 0 Å². The fourth-order valence-electron chi connectivity index (χ4n) is 1.53. The first-order chi connectivity index (χ1) is 8.70. The smallest absolute Gasteiger partial charge is 0.258 e. The first kappa shape index (κ1) is 12.4. The van der Waals surface area contributed by atoms with Crippen LogP contribution >= 0.6 is 0 Å². The summed E-state index contributed by atoms with van der Waals surface area (Å²) in [7, 11) is 0. The quantitative estimate of drug-likeness (QED) is 0.649. The molecule has 2 N–H and O–H groups in total. The Hall–Kier alpha value is -2.04. The molecule has 18 heavy (non-hydrogen) atoms. The minimum absolute atomic E-state index is 0.479. The SMILES string of the molecule is CCCCOc1cc(-c2nc(C)no2)ccc1N. The van der Waals surface area contributed by atoms with E-state index in [1.165, 1.54) is 0 Å². The number of hydrogen-bond donors (Lipinski definition) is 1. The number of aromatic nitrogens is 2. The van der Waals surface area contributed by atoms with Gasteiger partial charge in [-0.3, -0.25) is 0 Å². The van der Waals surface area contributed by atoms with Gasteiger partial charge >= 0.3 is 0 Å². The van der Waals surface area contributed by atoms with E-state index in [2.05, 4.69) is 17.1 Å². The standard InChI is InChI=1S/C13H17N3O2/c1-3-4-7-17-12-8-10(5-6-11(12)14)13-15-9(2)16-18-13/h5-6,8H,3-4,7,14H2,1-2H3. The first-order valence-electron chi connectivity index (χ1n) is 6.03. The number of nitrogen functional groups attached to an aromatic ring is 1.